The van der Waals surface area contributed by atoms with Crippen LogP contribution >= 0.6 is 7.82 Å². The van der Waals surface area contributed by atoms with Crippen LogP contribution in [0.2, 0.25) is 0 Å². The largest absolute Gasteiger partial charge is 0.472 e. The van der Waals surface area contributed by atoms with Gasteiger partial charge in [-0.15, -0.1) is 0 Å². The van der Waals surface area contributed by atoms with Gasteiger partial charge in [-0.3, -0.25) is 18.6 Å². The van der Waals surface area contributed by atoms with E-state index >= 15 is 0 Å². The van der Waals surface area contributed by atoms with E-state index in [1.165, 1.54) is 218 Å². The van der Waals surface area contributed by atoms with E-state index in [0.717, 1.165) is 32.1 Å². The Morgan fingerprint density at radius 3 is 1.12 bits per heavy atom. The Balaban J connectivity index is 4.13. The molecule has 9 nitrogen and oxygen atoms in total. The van der Waals surface area contributed by atoms with E-state index in [1.807, 2.05) is 21.1 Å². The topological polar surface area (TPSA) is 108 Å². The van der Waals surface area contributed by atoms with E-state index in [4.69, 9.17) is 18.5 Å². The number of nitrogens with zero attached hydrogens (tertiary/aromatic N) is 1. The van der Waals surface area contributed by atoms with Gasteiger partial charge in [0.2, 0.25) is 0 Å². The predicted octanol–water partition coefficient (Wildman–Crippen LogP) is 17.3. The summed E-state index contributed by atoms with van der Waals surface area (Å²) in [6.07, 6.45) is 55.6. The molecule has 0 aliphatic heterocycles. The van der Waals surface area contributed by atoms with Crippen LogP contribution in [0.15, 0.2) is 12.2 Å². The van der Waals surface area contributed by atoms with Crippen molar-refractivity contribution in [3.63, 3.8) is 0 Å². The van der Waals surface area contributed by atoms with Crippen molar-refractivity contribution in [3.8, 4) is 0 Å². The van der Waals surface area contributed by atoms with Gasteiger partial charge < -0.3 is 18.9 Å². The summed E-state index contributed by atoms with van der Waals surface area (Å²) >= 11 is 0. The molecule has 0 saturated carbocycles. The van der Waals surface area contributed by atoms with Crippen molar-refractivity contribution in [2.45, 2.75) is 290 Å². The molecule has 2 atom stereocenters. The minimum Gasteiger partial charge on any atom is -0.462 e. The highest BCUT2D eigenvalue weighted by Crippen LogP contribution is 2.43. The van der Waals surface area contributed by atoms with Gasteiger partial charge in [0.05, 0.1) is 27.7 Å². The summed E-state index contributed by atoms with van der Waals surface area (Å²) in [6, 6.07) is 0. The zero-order valence-electron chi connectivity index (χ0n) is 44.5. The number of rotatable bonds is 53. The zero-order valence-corrected chi connectivity index (χ0v) is 45.4. The fourth-order valence-electron chi connectivity index (χ4n) is 8.37. The van der Waals surface area contributed by atoms with Crippen LogP contribution in [0.3, 0.4) is 0 Å². The van der Waals surface area contributed by atoms with E-state index in [1.54, 1.807) is 0 Å². The van der Waals surface area contributed by atoms with Crippen LogP contribution in [-0.2, 0) is 32.7 Å². The third-order valence-corrected chi connectivity index (χ3v) is 13.8. The molecule has 0 amide bonds. The zero-order chi connectivity index (χ0) is 48.5. The maximum Gasteiger partial charge on any atom is 0.472 e. The van der Waals surface area contributed by atoms with Gasteiger partial charge in [-0.1, -0.05) is 244 Å². The van der Waals surface area contributed by atoms with Gasteiger partial charge in [0.25, 0.3) is 0 Å². The molecule has 0 aromatic rings. The second-order valence-electron chi connectivity index (χ2n) is 20.7. The van der Waals surface area contributed by atoms with E-state index in [0.29, 0.717) is 23.9 Å². The Bertz CT molecular complexity index is 1130. The minimum atomic E-state index is -4.38. The van der Waals surface area contributed by atoms with Crippen LogP contribution in [0.25, 0.3) is 0 Å². The Morgan fingerprint density at radius 2 is 0.773 bits per heavy atom. The molecule has 0 aliphatic rings. The fraction of sp³-hybridized carbons (Fsp3) is 0.929. The lowest BCUT2D eigenvalue weighted by atomic mass is 10.0. The second-order valence-corrected chi connectivity index (χ2v) is 22.1. The fourth-order valence-corrected chi connectivity index (χ4v) is 9.11. The average Bonchev–Trinajstić information content (AvgIpc) is 3.27. The van der Waals surface area contributed by atoms with Crippen molar-refractivity contribution in [2.24, 2.45) is 0 Å². The molecule has 0 heterocycles. The van der Waals surface area contributed by atoms with E-state index in [-0.39, 0.29) is 25.6 Å². The Morgan fingerprint density at radius 1 is 0.455 bits per heavy atom. The van der Waals surface area contributed by atoms with Gasteiger partial charge in [0.15, 0.2) is 6.10 Å². The SMILES string of the molecule is CCCCCCCC/C=C/CCCCCCCCCCCC(=O)O[C@H](COC(=O)CCCCCCCCCCCCCCCCCCCCCCCCC)COP(=O)(O)OCC[N+](C)(C)C. The van der Waals surface area contributed by atoms with Crippen LogP contribution < -0.4 is 0 Å². The molecule has 66 heavy (non-hydrogen) atoms. The highest BCUT2D eigenvalue weighted by molar-refractivity contribution is 7.47. The molecule has 0 radical (unpaired) electrons. The summed E-state index contributed by atoms with van der Waals surface area (Å²) in [5, 5.41) is 0. The first-order valence-corrected chi connectivity index (χ1v) is 29.9. The summed E-state index contributed by atoms with van der Waals surface area (Å²) < 4.78 is 34.6. The summed E-state index contributed by atoms with van der Waals surface area (Å²) in [5.41, 5.74) is 0. The second kappa shape index (κ2) is 48.8. The molecule has 0 spiro atoms. The lowest BCUT2D eigenvalue weighted by molar-refractivity contribution is -0.870. The van der Waals surface area contributed by atoms with Gasteiger partial charge in [-0.2, -0.15) is 0 Å². The summed E-state index contributed by atoms with van der Waals surface area (Å²) in [4.78, 5) is 35.6. The van der Waals surface area contributed by atoms with Gasteiger partial charge in [-0.05, 0) is 38.5 Å². The van der Waals surface area contributed by atoms with E-state index in [2.05, 4.69) is 26.0 Å². The number of unbranched alkanes of at least 4 members (excludes halogenated alkanes) is 37. The van der Waals surface area contributed by atoms with Crippen LogP contribution in [0.5, 0.6) is 0 Å². The van der Waals surface area contributed by atoms with Crippen molar-refractivity contribution >= 4 is 19.8 Å². The lowest BCUT2D eigenvalue weighted by Gasteiger charge is -2.24. The number of quaternary nitrogens is 1. The Hall–Kier alpha value is -1.25. The summed E-state index contributed by atoms with van der Waals surface area (Å²) in [7, 11) is 1.49. The first kappa shape index (κ1) is 64.8. The number of esters is 2. The highest BCUT2D eigenvalue weighted by atomic mass is 31.2. The van der Waals surface area contributed by atoms with Gasteiger partial charge in [0, 0.05) is 12.8 Å². The summed E-state index contributed by atoms with van der Waals surface area (Å²) in [5.74, 6) is -0.782. The molecule has 0 aliphatic carbocycles. The van der Waals surface area contributed by atoms with Crippen molar-refractivity contribution in [2.75, 3.05) is 47.5 Å². The highest BCUT2D eigenvalue weighted by Gasteiger charge is 2.27. The normalized spacial score (nSPS) is 13.4. The maximum absolute atomic E-state index is 12.8. The minimum absolute atomic E-state index is 0.0350. The first-order valence-electron chi connectivity index (χ1n) is 28.4. The molecule has 1 unspecified atom stereocenters. The van der Waals surface area contributed by atoms with Crippen molar-refractivity contribution in [1.29, 1.82) is 0 Å². The first-order chi connectivity index (χ1) is 32.0. The Kier molecular flexibility index (Phi) is 47.8. The molecule has 0 saturated heterocycles. The van der Waals surface area contributed by atoms with Crippen LogP contribution in [-0.4, -0.2) is 74.9 Å². The van der Waals surface area contributed by atoms with Gasteiger partial charge in [0.1, 0.15) is 19.8 Å². The van der Waals surface area contributed by atoms with Crippen molar-refractivity contribution in [1.82, 2.24) is 0 Å². The lowest BCUT2D eigenvalue weighted by Crippen LogP contribution is -2.37. The molecule has 392 valence electrons. The van der Waals surface area contributed by atoms with Crippen LogP contribution in [0.1, 0.15) is 284 Å². The number of hydrogen-bond donors (Lipinski definition) is 1. The monoisotopic (exact) mass is 957 g/mol. The van der Waals surface area contributed by atoms with Crippen molar-refractivity contribution in [3.05, 3.63) is 12.2 Å². The van der Waals surface area contributed by atoms with Crippen LogP contribution in [0.4, 0.5) is 0 Å². The molecule has 0 fully saturated rings. The molecule has 10 heteroatoms. The number of ether oxygens (including phenoxy) is 2. The van der Waals surface area contributed by atoms with Crippen LogP contribution in [0, 0.1) is 0 Å². The molecule has 0 bridgehead atoms. The predicted molar refractivity (Wildman–Crippen MR) is 280 cm³/mol. The molecular weight excluding hydrogens is 846 g/mol. The number of phosphoric acid groups is 1. The summed E-state index contributed by atoms with van der Waals surface area (Å²) in [6.45, 7) is 4.48. The number of hydrogen-bond acceptors (Lipinski definition) is 7. The quantitative estimate of drug-likeness (QED) is 0.0211. The number of likely N-dealkylation sites (N-methyl/N-ethyl adjacent to an activating group) is 1. The third-order valence-electron chi connectivity index (χ3n) is 12.8. The molecule has 0 rings (SSSR count). The number of carbonyl (C=O) groups is 2. The standard InChI is InChI=1S/C56H110NO8P/c1-6-8-10-12-14-16-18-20-22-24-26-27-28-29-31-32-34-36-38-40-42-44-46-48-55(58)62-52-54(53-64-66(60,61)63-51-50-57(3,4)5)65-56(59)49-47-45-43-41-39-37-35-33-30-25-23-21-19-17-15-13-11-9-7-2/h21,23,54H,6-20,22,24-53H2,1-5H3/p+1/b23-21+/t54-/m1/s1. The average molecular weight is 957 g/mol. The number of allylic oxidation sites excluding steroid dienone is 2. The third kappa shape index (κ3) is 52.1. The molecule has 0 aromatic heterocycles. The Labute approximate surface area is 409 Å². The number of phosphoric ester groups is 1. The van der Waals surface area contributed by atoms with Gasteiger partial charge >= 0.3 is 19.8 Å². The van der Waals surface area contributed by atoms with E-state index in [9.17, 15) is 19.0 Å². The van der Waals surface area contributed by atoms with Crippen molar-refractivity contribution < 1.29 is 42.1 Å². The molecule has 0 aromatic carbocycles. The maximum atomic E-state index is 12.8. The molecule has 1 N–H and O–H groups in total. The van der Waals surface area contributed by atoms with E-state index < -0.39 is 26.5 Å². The number of carbonyl (C=O) groups excluding carboxylic acids is 2. The smallest absolute Gasteiger partial charge is 0.462 e. The van der Waals surface area contributed by atoms with Gasteiger partial charge in [-0.25, -0.2) is 4.57 Å². The molecular formula is C56H111NO8P+.